The Balaban J connectivity index is 1.89. The second-order valence-corrected chi connectivity index (χ2v) is 6.50. The smallest absolute Gasteiger partial charge is 0.255 e. The average molecular weight is 432 g/mol. The van der Waals surface area contributed by atoms with Crippen LogP contribution in [0.2, 0.25) is 0 Å². The van der Waals surface area contributed by atoms with Crippen LogP contribution in [0.5, 0.6) is 11.5 Å². The highest BCUT2D eigenvalue weighted by Gasteiger charge is 2.14. The van der Waals surface area contributed by atoms with Gasteiger partial charge in [0.1, 0.15) is 29.6 Å². The number of nitrogens with one attached hydrogen (secondary N) is 1. The minimum Gasteiger partial charge on any atom is -0.496 e. The Kier molecular flexibility index (Phi) is 5.83. The molecule has 2 N–H and O–H groups in total. The van der Waals surface area contributed by atoms with Gasteiger partial charge in [-0.3, -0.25) is 4.79 Å². The summed E-state index contributed by atoms with van der Waals surface area (Å²) in [6.45, 7) is -0.175. The van der Waals surface area contributed by atoms with Gasteiger partial charge in [-0.25, -0.2) is 0 Å². The number of anilines is 1. The molecule has 0 aliphatic rings. The van der Waals surface area contributed by atoms with Crippen molar-refractivity contribution in [2.24, 2.45) is 0 Å². The van der Waals surface area contributed by atoms with E-state index in [1.165, 1.54) is 7.11 Å². The number of aliphatic hydroxyl groups is 1. The molecule has 0 spiro atoms. The second-order valence-electron chi connectivity index (χ2n) is 5.64. The summed E-state index contributed by atoms with van der Waals surface area (Å²) in [6.07, 6.45) is 0. The monoisotopic (exact) mass is 431 g/mol. The molecular formula is C20H18BrNO5. The van der Waals surface area contributed by atoms with Crippen LogP contribution in [0, 0.1) is 0 Å². The van der Waals surface area contributed by atoms with Gasteiger partial charge in [0.05, 0.1) is 24.4 Å². The first-order valence-corrected chi connectivity index (χ1v) is 8.88. The number of amides is 1. The van der Waals surface area contributed by atoms with Gasteiger partial charge in [0.25, 0.3) is 5.91 Å². The Bertz CT molecular complexity index is 967. The fourth-order valence-electron chi connectivity index (χ4n) is 2.58. The van der Waals surface area contributed by atoms with Crippen molar-refractivity contribution in [3.63, 3.8) is 0 Å². The van der Waals surface area contributed by atoms with Crippen molar-refractivity contribution >= 4 is 27.5 Å². The molecule has 2 aromatic carbocycles. The van der Waals surface area contributed by atoms with Crippen LogP contribution >= 0.6 is 15.9 Å². The van der Waals surface area contributed by atoms with Crippen molar-refractivity contribution in [3.05, 3.63) is 64.3 Å². The number of carbonyl (C=O) groups excluding carboxylic acids is 1. The SMILES string of the molecule is COc1ccc(C(=O)Nc2cc(-c3ccc(CO)o3)ccc2OC)cc1Br. The summed E-state index contributed by atoms with van der Waals surface area (Å²) in [6, 6.07) is 13.9. The summed E-state index contributed by atoms with van der Waals surface area (Å²) in [4.78, 5) is 12.6. The standard InChI is InChI=1S/C20H18BrNO5/c1-25-18-6-4-13(9-15(18)21)20(24)22-16-10-12(3-7-19(16)26-2)17-8-5-14(11-23)27-17/h3-10,23H,11H2,1-2H3,(H,22,24). The molecule has 1 aromatic heterocycles. The van der Waals surface area contributed by atoms with Gasteiger partial charge in [-0.2, -0.15) is 0 Å². The average Bonchev–Trinajstić information content (AvgIpc) is 3.17. The van der Waals surface area contributed by atoms with Crippen molar-refractivity contribution < 1.29 is 23.8 Å². The molecule has 140 valence electrons. The third kappa shape index (κ3) is 4.15. The lowest BCUT2D eigenvalue weighted by Gasteiger charge is -2.12. The molecule has 0 aliphatic heterocycles. The fourth-order valence-corrected chi connectivity index (χ4v) is 3.12. The normalized spacial score (nSPS) is 10.5. The number of furan rings is 1. The molecule has 3 aromatic rings. The number of methoxy groups -OCH3 is 2. The van der Waals surface area contributed by atoms with Crippen molar-refractivity contribution in [3.8, 4) is 22.8 Å². The molecule has 0 unspecified atom stereocenters. The van der Waals surface area contributed by atoms with Crippen LogP contribution in [-0.4, -0.2) is 25.2 Å². The van der Waals surface area contributed by atoms with E-state index in [2.05, 4.69) is 21.2 Å². The van der Waals surface area contributed by atoms with Crippen LogP contribution in [0.25, 0.3) is 11.3 Å². The first-order valence-electron chi connectivity index (χ1n) is 8.08. The number of benzene rings is 2. The molecule has 0 bridgehead atoms. The molecule has 1 amide bonds. The number of rotatable bonds is 6. The van der Waals surface area contributed by atoms with Gasteiger partial charge in [-0.05, 0) is 64.5 Å². The molecule has 0 fully saturated rings. The Morgan fingerprint density at radius 3 is 2.44 bits per heavy atom. The quantitative estimate of drug-likeness (QED) is 0.601. The lowest BCUT2D eigenvalue weighted by molar-refractivity contribution is 0.102. The molecular weight excluding hydrogens is 414 g/mol. The number of aliphatic hydroxyl groups excluding tert-OH is 1. The first-order chi connectivity index (χ1) is 13.0. The number of carbonyl (C=O) groups is 1. The molecule has 0 radical (unpaired) electrons. The summed E-state index contributed by atoms with van der Waals surface area (Å²) in [5.41, 5.74) is 1.73. The molecule has 0 atom stereocenters. The van der Waals surface area contributed by atoms with Gasteiger partial charge in [0.2, 0.25) is 0 Å². The maximum Gasteiger partial charge on any atom is 0.255 e. The highest BCUT2D eigenvalue weighted by atomic mass is 79.9. The third-order valence-electron chi connectivity index (χ3n) is 3.96. The topological polar surface area (TPSA) is 80.9 Å². The zero-order chi connectivity index (χ0) is 19.4. The summed E-state index contributed by atoms with van der Waals surface area (Å²) >= 11 is 3.38. The maximum absolute atomic E-state index is 12.6. The molecule has 3 rings (SSSR count). The van der Waals surface area contributed by atoms with Crippen LogP contribution in [0.1, 0.15) is 16.1 Å². The predicted octanol–water partition coefficient (Wildman–Crippen LogP) is 4.47. The summed E-state index contributed by atoms with van der Waals surface area (Å²) in [5, 5.41) is 12.0. The lowest BCUT2D eigenvalue weighted by atomic mass is 10.1. The molecule has 6 nitrogen and oxygen atoms in total. The van der Waals surface area contributed by atoms with E-state index in [1.54, 1.807) is 49.6 Å². The molecule has 0 aliphatic carbocycles. The van der Waals surface area contributed by atoms with Crippen molar-refractivity contribution in [2.75, 3.05) is 19.5 Å². The van der Waals surface area contributed by atoms with Gasteiger partial charge >= 0.3 is 0 Å². The zero-order valence-electron chi connectivity index (χ0n) is 14.8. The summed E-state index contributed by atoms with van der Waals surface area (Å²) < 4.78 is 16.8. The minimum atomic E-state index is -0.288. The van der Waals surface area contributed by atoms with Gasteiger partial charge in [-0.1, -0.05) is 0 Å². The van der Waals surface area contributed by atoms with E-state index in [9.17, 15) is 4.79 Å². The van der Waals surface area contributed by atoms with E-state index < -0.39 is 0 Å². The Morgan fingerprint density at radius 1 is 1.07 bits per heavy atom. The van der Waals surface area contributed by atoms with E-state index in [4.69, 9.17) is 19.0 Å². The number of hydrogen-bond acceptors (Lipinski definition) is 5. The first kappa shape index (κ1) is 19.0. The predicted molar refractivity (Wildman–Crippen MR) is 105 cm³/mol. The van der Waals surface area contributed by atoms with Crippen LogP contribution in [0.4, 0.5) is 5.69 Å². The maximum atomic E-state index is 12.6. The van der Waals surface area contributed by atoms with E-state index in [1.807, 2.05) is 6.07 Å². The van der Waals surface area contributed by atoms with E-state index >= 15 is 0 Å². The van der Waals surface area contributed by atoms with Gasteiger partial charge in [0, 0.05) is 11.1 Å². The lowest BCUT2D eigenvalue weighted by Crippen LogP contribution is -2.12. The Labute approximate surface area is 164 Å². The number of ether oxygens (including phenoxy) is 2. The molecule has 27 heavy (non-hydrogen) atoms. The van der Waals surface area contributed by atoms with Crippen molar-refractivity contribution in [1.82, 2.24) is 0 Å². The highest BCUT2D eigenvalue weighted by Crippen LogP contribution is 2.32. The van der Waals surface area contributed by atoms with Gasteiger partial charge in [0.15, 0.2) is 0 Å². The Hall–Kier alpha value is -2.77. The van der Waals surface area contributed by atoms with Crippen LogP contribution in [-0.2, 0) is 6.61 Å². The number of halogens is 1. The highest BCUT2D eigenvalue weighted by molar-refractivity contribution is 9.10. The minimum absolute atomic E-state index is 0.175. The van der Waals surface area contributed by atoms with Gasteiger partial charge in [-0.15, -0.1) is 0 Å². The molecule has 0 saturated heterocycles. The van der Waals surface area contributed by atoms with Crippen LogP contribution in [0.3, 0.4) is 0 Å². The van der Waals surface area contributed by atoms with E-state index in [0.717, 1.165) is 5.56 Å². The molecule has 7 heteroatoms. The van der Waals surface area contributed by atoms with Crippen LogP contribution in [0.15, 0.2) is 57.4 Å². The third-order valence-corrected chi connectivity index (χ3v) is 4.58. The van der Waals surface area contributed by atoms with Gasteiger partial charge < -0.3 is 24.3 Å². The van der Waals surface area contributed by atoms with Crippen molar-refractivity contribution in [2.45, 2.75) is 6.61 Å². The second kappa shape index (κ2) is 8.28. The van der Waals surface area contributed by atoms with Crippen molar-refractivity contribution in [1.29, 1.82) is 0 Å². The summed E-state index contributed by atoms with van der Waals surface area (Å²) in [5.74, 6) is 1.93. The fraction of sp³-hybridized carbons (Fsp3) is 0.150. The summed E-state index contributed by atoms with van der Waals surface area (Å²) in [7, 11) is 3.10. The van der Waals surface area contributed by atoms with E-state index in [-0.39, 0.29) is 12.5 Å². The Morgan fingerprint density at radius 2 is 1.81 bits per heavy atom. The molecule has 1 heterocycles. The number of hydrogen-bond donors (Lipinski definition) is 2. The van der Waals surface area contributed by atoms with E-state index in [0.29, 0.717) is 38.7 Å². The zero-order valence-corrected chi connectivity index (χ0v) is 16.4. The molecule has 0 saturated carbocycles. The van der Waals surface area contributed by atoms with Crippen LogP contribution < -0.4 is 14.8 Å². The largest absolute Gasteiger partial charge is 0.496 e.